The molecule has 2 heterocycles. The molecule has 1 unspecified atom stereocenters. The number of benzene rings is 1. The summed E-state index contributed by atoms with van der Waals surface area (Å²) in [7, 11) is -2.82. The Hall–Kier alpha value is -5.03. The van der Waals surface area contributed by atoms with Crippen LogP contribution in [0.5, 0.6) is 11.5 Å². The fourth-order valence-electron chi connectivity index (χ4n) is 6.11. The van der Waals surface area contributed by atoms with E-state index in [0.29, 0.717) is 42.6 Å². The van der Waals surface area contributed by atoms with Crippen molar-refractivity contribution in [3.05, 3.63) is 67.1 Å². The van der Waals surface area contributed by atoms with Crippen LogP contribution in [0.3, 0.4) is 0 Å². The number of fused-ring (bicyclic) bond motifs is 1. The minimum absolute atomic E-state index is 0.0153. The predicted octanol–water partition coefficient (Wildman–Crippen LogP) is 1.79. The lowest BCUT2D eigenvalue weighted by Crippen LogP contribution is -2.52. The SMILES string of the molecule is CCOc1c(NCCNC(=O)CCCOc2cc(C)c(S(=O)(=O)CNC(NC(=O)CCCCc3ccc4c(n3)NCCC4)C(=O)OC)c(C)c2)c(=O)c1=O. The van der Waals surface area contributed by atoms with Crippen molar-refractivity contribution in [2.75, 3.05) is 56.5 Å². The summed E-state index contributed by atoms with van der Waals surface area (Å²) in [5, 5.41) is 14.0. The third-order valence-electron chi connectivity index (χ3n) is 8.72. The van der Waals surface area contributed by atoms with Crippen LogP contribution in [0.15, 0.2) is 38.8 Å². The largest absolute Gasteiger partial charge is 0.494 e. The molecule has 17 heteroatoms. The molecular formula is C37H50N6O10S. The van der Waals surface area contributed by atoms with E-state index in [9.17, 15) is 32.4 Å². The molecule has 0 radical (unpaired) electrons. The molecule has 0 saturated carbocycles. The van der Waals surface area contributed by atoms with Crippen LogP contribution in [0.2, 0.25) is 0 Å². The first kappa shape index (κ1) is 41.7. The number of unbranched alkanes of at least 4 members (excludes halogenated alkanes) is 1. The van der Waals surface area contributed by atoms with E-state index in [2.05, 4.69) is 37.6 Å². The summed E-state index contributed by atoms with van der Waals surface area (Å²) in [5.74, 6) is -0.755. The van der Waals surface area contributed by atoms with Gasteiger partial charge >= 0.3 is 5.97 Å². The quantitative estimate of drug-likeness (QED) is 0.0426. The third kappa shape index (κ3) is 11.5. The molecule has 0 aliphatic carbocycles. The van der Waals surface area contributed by atoms with Gasteiger partial charge in [0.1, 0.15) is 23.1 Å². The van der Waals surface area contributed by atoms with Gasteiger partial charge in [-0.3, -0.25) is 24.5 Å². The molecule has 0 spiro atoms. The van der Waals surface area contributed by atoms with Crippen LogP contribution in [0.25, 0.3) is 0 Å². The van der Waals surface area contributed by atoms with Crippen LogP contribution < -0.4 is 46.9 Å². The van der Waals surface area contributed by atoms with Crippen molar-refractivity contribution in [2.24, 2.45) is 0 Å². The van der Waals surface area contributed by atoms with Gasteiger partial charge in [0.2, 0.25) is 11.8 Å². The monoisotopic (exact) mass is 770 g/mol. The second-order valence-corrected chi connectivity index (χ2v) is 14.9. The number of rotatable bonds is 22. The Morgan fingerprint density at radius 3 is 2.43 bits per heavy atom. The van der Waals surface area contributed by atoms with Crippen LogP contribution >= 0.6 is 0 Å². The summed E-state index contributed by atoms with van der Waals surface area (Å²) in [6.07, 6.45) is 3.37. The summed E-state index contributed by atoms with van der Waals surface area (Å²) in [4.78, 5) is 65.3. The lowest BCUT2D eigenvalue weighted by atomic mass is 10.1. The highest BCUT2D eigenvalue weighted by Gasteiger charge is 2.27. The lowest BCUT2D eigenvalue weighted by molar-refractivity contribution is -0.146. The molecule has 2 amide bonds. The van der Waals surface area contributed by atoms with E-state index in [1.165, 1.54) is 5.56 Å². The van der Waals surface area contributed by atoms with Gasteiger partial charge < -0.3 is 35.5 Å². The van der Waals surface area contributed by atoms with Gasteiger partial charge in [-0.1, -0.05) is 6.07 Å². The van der Waals surface area contributed by atoms with Crippen molar-refractivity contribution in [1.29, 1.82) is 0 Å². The predicted molar refractivity (Wildman–Crippen MR) is 202 cm³/mol. The van der Waals surface area contributed by atoms with Gasteiger partial charge in [-0.05, 0) is 94.2 Å². The standard InChI is InChI=1S/C37H50N6O10S/c1-5-52-33-30(31(46)32(33)47)39-18-17-38-28(44)13-9-19-53-27-20-23(2)34(24(3)21-27)54(49,50)22-41-36(37(48)51-4)43-29(45)12-7-6-11-26-15-14-25-10-8-16-40-35(25)42-26/h14-15,20-21,36,39,41H,5-13,16-19,22H2,1-4H3,(H,38,44)(H,40,42)(H,43,45). The number of pyridine rings is 1. The number of sulfone groups is 1. The van der Waals surface area contributed by atoms with Crippen LogP contribution in [-0.4, -0.2) is 83.2 Å². The fraction of sp³-hybridized carbons (Fsp3) is 0.514. The zero-order valence-electron chi connectivity index (χ0n) is 31.2. The number of aromatic nitrogens is 1. The van der Waals surface area contributed by atoms with E-state index in [1.807, 2.05) is 6.07 Å². The molecular weight excluding hydrogens is 721 g/mol. The van der Waals surface area contributed by atoms with Crippen LogP contribution in [0.4, 0.5) is 11.5 Å². The number of methoxy groups -OCH3 is 1. The van der Waals surface area contributed by atoms with Crippen LogP contribution in [0, 0.1) is 13.8 Å². The van der Waals surface area contributed by atoms with Crippen LogP contribution in [0.1, 0.15) is 67.8 Å². The van der Waals surface area contributed by atoms with Crippen molar-refractivity contribution in [1.82, 2.24) is 20.9 Å². The minimum atomic E-state index is -3.97. The Morgan fingerprint density at radius 2 is 1.70 bits per heavy atom. The Morgan fingerprint density at radius 1 is 0.963 bits per heavy atom. The number of ether oxygens (including phenoxy) is 3. The number of hydrogen-bond donors (Lipinski definition) is 5. The third-order valence-corrected chi connectivity index (χ3v) is 10.5. The maximum Gasteiger partial charge on any atom is 0.343 e. The average molecular weight is 771 g/mol. The lowest BCUT2D eigenvalue weighted by Gasteiger charge is -2.19. The molecule has 294 valence electrons. The first-order valence-corrected chi connectivity index (χ1v) is 19.8. The Bertz CT molecular complexity index is 1950. The molecule has 54 heavy (non-hydrogen) atoms. The van der Waals surface area contributed by atoms with Gasteiger partial charge in [0.25, 0.3) is 10.9 Å². The zero-order valence-corrected chi connectivity index (χ0v) is 32.0. The summed E-state index contributed by atoms with van der Waals surface area (Å²) in [6.45, 7) is 6.79. The van der Waals surface area contributed by atoms with Crippen molar-refractivity contribution in [3.8, 4) is 11.5 Å². The van der Waals surface area contributed by atoms with Gasteiger partial charge in [0.05, 0.1) is 25.2 Å². The molecule has 4 rings (SSSR count). The molecule has 0 fully saturated rings. The molecule has 5 N–H and O–H groups in total. The number of carbonyl (C=O) groups is 3. The first-order valence-electron chi connectivity index (χ1n) is 18.1. The highest BCUT2D eigenvalue weighted by molar-refractivity contribution is 7.91. The molecule has 1 atom stereocenters. The molecule has 0 saturated heterocycles. The summed E-state index contributed by atoms with van der Waals surface area (Å²) in [6, 6.07) is 7.26. The maximum atomic E-state index is 13.4. The Kier molecular flexibility index (Phi) is 15.4. The smallest absolute Gasteiger partial charge is 0.343 e. The number of amides is 2. The number of aryl methyl sites for hydroxylation is 4. The minimum Gasteiger partial charge on any atom is -0.494 e. The number of carbonyl (C=O) groups excluding carboxylic acids is 3. The van der Waals surface area contributed by atoms with Crippen LogP contribution in [-0.2, 0) is 41.8 Å². The van der Waals surface area contributed by atoms with E-state index in [0.717, 1.165) is 38.0 Å². The summed E-state index contributed by atoms with van der Waals surface area (Å²) in [5.41, 5.74) is 1.81. The number of hydrogen-bond acceptors (Lipinski definition) is 14. The topological polar surface area (TPSA) is 220 Å². The highest BCUT2D eigenvalue weighted by atomic mass is 32.2. The van der Waals surface area contributed by atoms with Crippen molar-refractivity contribution in [3.63, 3.8) is 0 Å². The molecule has 0 bridgehead atoms. The number of nitrogens with zero attached hydrogens (tertiary/aromatic N) is 1. The van der Waals surface area contributed by atoms with E-state index >= 15 is 0 Å². The van der Waals surface area contributed by atoms with Gasteiger partial charge in [-0.25, -0.2) is 18.2 Å². The highest BCUT2D eigenvalue weighted by Crippen LogP contribution is 2.27. The Balaban J connectivity index is 1.18. The first-order chi connectivity index (χ1) is 25.8. The number of nitrogens with one attached hydrogen (secondary N) is 5. The second kappa shape index (κ2) is 19.9. The Labute approximate surface area is 314 Å². The number of esters is 1. The van der Waals surface area contributed by atoms with E-state index in [-0.39, 0.29) is 61.4 Å². The molecule has 16 nitrogen and oxygen atoms in total. The zero-order chi connectivity index (χ0) is 39.3. The van der Waals surface area contributed by atoms with E-state index in [1.54, 1.807) is 32.9 Å². The molecule has 1 aliphatic rings. The molecule has 3 aromatic rings. The molecule has 2 aromatic carbocycles. The fourth-order valence-corrected chi connectivity index (χ4v) is 7.74. The van der Waals surface area contributed by atoms with Crippen molar-refractivity contribution in [2.45, 2.75) is 83.2 Å². The van der Waals surface area contributed by atoms with Gasteiger partial charge in [0.15, 0.2) is 21.8 Å². The van der Waals surface area contributed by atoms with E-state index < -0.39 is 44.6 Å². The van der Waals surface area contributed by atoms with Gasteiger partial charge in [0, 0.05) is 38.2 Å². The maximum absolute atomic E-state index is 13.4. The summed E-state index contributed by atoms with van der Waals surface area (Å²) >= 11 is 0. The molecule has 1 aliphatic heterocycles. The van der Waals surface area contributed by atoms with Gasteiger partial charge in [-0.15, -0.1) is 0 Å². The average Bonchev–Trinajstić information content (AvgIpc) is 3.15. The van der Waals surface area contributed by atoms with Gasteiger partial charge in [-0.2, -0.15) is 0 Å². The number of anilines is 2. The second-order valence-electron chi connectivity index (χ2n) is 12.9. The van der Waals surface area contributed by atoms with Crippen molar-refractivity contribution < 1.29 is 37.0 Å². The molecule has 1 aromatic heterocycles. The van der Waals surface area contributed by atoms with E-state index in [4.69, 9.17) is 14.2 Å². The van der Waals surface area contributed by atoms with Crippen molar-refractivity contribution >= 4 is 39.1 Å². The summed E-state index contributed by atoms with van der Waals surface area (Å²) < 4.78 is 42.6. The normalized spacial score (nSPS) is 13.0.